The molecule has 45 heavy (non-hydrogen) atoms. The number of amides is 1. The van der Waals surface area contributed by atoms with Crippen LogP contribution in [0.25, 0.3) is 0 Å². The highest BCUT2D eigenvalue weighted by Crippen LogP contribution is 2.39. The maximum absolute atomic E-state index is 14.2. The third-order valence-electron chi connectivity index (χ3n) is 9.10. The van der Waals surface area contributed by atoms with Crippen LogP contribution in [0, 0.1) is 0 Å². The summed E-state index contributed by atoms with van der Waals surface area (Å²) < 4.78 is 6.33. The molecule has 1 aliphatic carbocycles. The van der Waals surface area contributed by atoms with Gasteiger partial charge in [0.1, 0.15) is 0 Å². The minimum Gasteiger partial charge on any atom is -0.467 e. The molecule has 1 heterocycles. The molecule has 0 aromatic heterocycles. The maximum atomic E-state index is 14.2. The van der Waals surface area contributed by atoms with Gasteiger partial charge >= 0.3 is 5.97 Å². The fraction of sp³-hybridized carbons (Fsp3) is 0.289. The zero-order valence-corrected chi connectivity index (χ0v) is 27.3. The molecular formula is C38H38BrN3O3. The van der Waals surface area contributed by atoms with Gasteiger partial charge in [0, 0.05) is 35.1 Å². The molecule has 6 nitrogen and oxygen atoms in total. The second kappa shape index (κ2) is 13.9. The molecule has 7 heteroatoms. The van der Waals surface area contributed by atoms with E-state index in [0.717, 1.165) is 65.6 Å². The van der Waals surface area contributed by atoms with Gasteiger partial charge in [0.2, 0.25) is 5.91 Å². The van der Waals surface area contributed by atoms with Gasteiger partial charge in [-0.05, 0) is 67.1 Å². The number of esters is 1. The molecule has 1 amide bonds. The summed E-state index contributed by atoms with van der Waals surface area (Å²) in [7, 11) is 3.28. The van der Waals surface area contributed by atoms with Gasteiger partial charge in [-0.15, -0.1) is 0 Å². The van der Waals surface area contributed by atoms with Crippen molar-refractivity contribution in [2.75, 3.05) is 25.6 Å². The Balaban J connectivity index is 1.39. The summed E-state index contributed by atoms with van der Waals surface area (Å²) in [5, 5.41) is 0. The largest absolute Gasteiger partial charge is 0.467 e. The Hall–Kier alpha value is -4.07. The summed E-state index contributed by atoms with van der Waals surface area (Å²) in [4.78, 5) is 37.0. The Kier molecular flexibility index (Phi) is 9.57. The first kappa shape index (κ1) is 30.9. The van der Waals surface area contributed by atoms with E-state index in [1.165, 1.54) is 18.2 Å². The molecule has 1 fully saturated rings. The topological polar surface area (TPSA) is 62.2 Å². The first-order valence-electron chi connectivity index (χ1n) is 15.6. The fourth-order valence-corrected chi connectivity index (χ4v) is 7.20. The number of aryl methyl sites for hydroxylation is 1. The molecule has 4 aromatic rings. The van der Waals surface area contributed by atoms with Crippen molar-refractivity contribution in [3.05, 3.63) is 135 Å². The first-order valence-corrected chi connectivity index (χ1v) is 16.4. The van der Waals surface area contributed by atoms with Crippen molar-refractivity contribution in [1.82, 2.24) is 4.90 Å². The number of nitrogens with zero attached hydrogens (tertiary/aromatic N) is 3. The highest BCUT2D eigenvalue weighted by molar-refractivity contribution is 9.10. The molecule has 0 bridgehead atoms. The Labute approximate surface area is 273 Å². The molecule has 3 atom stereocenters. The number of methoxy groups -OCH3 is 1. The zero-order chi connectivity index (χ0) is 31.3. The van der Waals surface area contributed by atoms with Crippen molar-refractivity contribution in [1.29, 1.82) is 0 Å². The number of fused-ring (bicyclic) bond motifs is 1. The van der Waals surface area contributed by atoms with Crippen LogP contribution < -0.4 is 4.90 Å². The van der Waals surface area contributed by atoms with Gasteiger partial charge in [-0.1, -0.05) is 101 Å². The van der Waals surface area contributed by atoms with Crippen LogP contribution in [0.4, 0.5) is 5.69 Å². The second-order valence-electron chi connectivity index (χ2n) is 11.8. The van der Waals surface area contributed by atoms with Crippen LogP contribution in [0.3, 0.4) is 0 Å². The SMILES string of the molecule is COC(=O)C(N=C(c1ccccc1)c1ccccc1N(C)C(=O)C1CCCN1Cc1ccccc1)C1CCc2ccc(Br)cc21. The lowest BCUT2D eigenvalue weighted by molar-refractivity contribution is -0.142. The molecule has 0 saturated carbocycles. The summed E-state index contributed by atoms with van der Waals surface area (Å²) in [6.07, 6.45) is 3.48. The number of ether oxygens (including phenoxy) is 1. The zero-order valence-electron chi connectivity index (χ0n) is 25.7. The van der Waals surface area contributed by atoms with Gasteiger partial charge < -0.3 is 9.64 Å². The van der Waals surface area contributed by atoms with Crippen LogP contribution in [0.1, 0.15) is 53.0 Å². The number of anilines is 1. The molecular weight excluding hydrogens is 626 g/mol. The number of likely N-dealkylation sites (tertiary alicyclic amines) is 1. The minimum absolute atomic E-state index is 0.0578. The number of likely N-dealkylation sites (N-methyl/N-ethyl adjacent to an activating group) is 1. The summed E-state index contributed by atoms with van der Waals surface area (Å²) in [5.41, 5.74) is 6.65. The van der Waals surface area contributed by atoms with Gasteiger partial charge in [-0.25, -0.2) is 4.79 Å². The van der Waals surface area contributed by atoms with E-state index < -0.39 is 6.04 Å². The van der Waals surface area contributed by atoms with E-state index in [1.54, 1.807) is 4.90 Å². The lowest BCUT2D eigenvalue weighted by Gasteiger charge is -2.29. The van der Waals surface area contributed by atoms with Gasteiger partial charge in [0.05, 0.1) is 24.6 Å². The third-order valence-corrected chi connectivity index (χ3v) is 9.59. The average Bonchev–Trinajstić information content (AvgIpc) is 3.72. The van der Waals surface area contributed by atoms with Crippen LogP contribution >= 0.6 is 15.9 Å². The predicted octanol–water partition coefficient (Wildman–Crippen LogP) is 7.19. The van der Waals surface area contributed by atoms with Gasteiger partial charge in [-0.2, -0.15) is 0 Å². The van der Waals surface area contributed by atoms with Crippen molar-refractivity contribution >= 4 is 39.2 Å². The average molecular weight is 665 g/mol. The monoisotopic (exact) mass is 663 g/mol. The van der Waals surface area contributed by atoms with E-state index in [9.17, 15) is 9.59 Å². The van der Waals surface area contributed by atoms with E-state index >= 15 is 0 Å². The van der Waals surface area contributed by atoms with Crippen molar-refractivity contribution in [2.24, 2.45) is 4.99 Å². The van der Waals surface area contributed by atoms with E-state index in [2.05, 4.69) is 45.1 Å². The van der Waals surface area contributed by atoms with Gasteiger partial charge in [0.15, 0.2) is 6.04 Å². The van der Waals surface area contributed by atoms with Crippen LogP contribution in [-0.2, 0) is 27.3 Å². The second-order valence-corrected chi connectivity index (χ2v) is 12.7. The Bertz CT molecular complexity index is 1690. The maximum Gasteiger partial charge on any atom is 0.331 e. The Morgan fingerprint density at radius 3 is 2.42 bits per heavy atom. The molecule has 0 N–H and O–H groups in total. The fourth-order valence-electron chi connectivity index (χ4n) is 6.82. The van der Waals surface area contributed by atoms with Gasteiger partial charge in [-0.3, -0.25) is 14.7 Å². The van der Waals surface area contributed by atoms with Gasteiger partial charge in [0.25, 0.3) is 0 Å². The summed E-state index contributed by atoms with van der Waals surface area (Å²) >= 11 is 3.62. The van der Waals surface area contributed by atoms with E-state index in [0.29, 0.717) is 5.71 Å². The highest BCUT2D eigenvalue weighted by atomic mass is 79.9. The number of benzene rings is 4. The molecule has 2 aliphatic rings. The Morgan fingerprint density at radius 1 is 0.956 bits per heavy atom. The molecule has 230 valence electrons. The molecule has 3 unspecified atom stereocenters. The van der Waals surface area contributed by atoms with Crippen LogP contribution in [-0.4, -0.2) is 55.3 Å². The number of carbonyl (C=O) groups excluding carboxylic acids is 2. The number of halogens is 1. The predicted molar refractivity (Wildman–Crippen MR) is 183 cm³/mol. The molecule has 1 aliphatic heterocycles. The van der Waals surface area contributed by atoms with Crippen LogP contribution in [0.5, 0.6) is 0 Å². The molecule has 0 spiro atoms. The van der Waals surface area contributed by atoms with Crippen LogP contribution in [0.15, 0.2) is 113 Å². The van der Waals surface area contributed by atoms with Crippen molar-refractivity contribution < 1.29 is 14.3 Å². The minimum atomic E-state index is -0.744. The normalized spacial score (nSPS) is 18.8. The number of para-hydroxylation sites is 1. The molecule has 4 aromatic carbocycles. The smallest absolute Gasteiger partial charge is 0.331 e. The first-order chi connectivity index (χ1) is 21.9. The van der Waals surface area contributed by atoms with Crippen LogP contribution in [0.2, 0.25) is 0 Å². The summed E-state index contributed by atoms with van der Waals surface area (Å²) in [6.45, 7) is 1.63. The summed E-state index contributed by atoms with van der Waals surface area (Å²) in [6, 6.07) is 33.4. The summed E-state index contributed by atoms with van der Waals surface area (Å²) in [5.74, 6) is -0.437. The van der Waals surface area contributed by atoms with Crippen molar-refractivity contribution in [3.63, 3.8) is 0 Å². The standard InChI is InChI=1S/C38H38BrN3O3/c1-41(37(43)34-18-11-23-42(34)25-26-12-5-3-6-13-26)33-17-10-9-16-31(33)35(28-14-7-4-8-15-28)40-36(38(44)45-2)30-22-20-27-19-21-29(39)24-32(27)30/h3-10,12-17,19,21,24,30,34,36H,11,18,20,22-23,25H2,1-2H3. The van der Waals surface area contributed by atoms with Crippen molar-refractivity contribution in [2.45, 2.75) is 50.2 Å². The van der Waals surface area contributed by atoms with Crippen molar-refractivity contribution in [3.8, 4) is 0 Å². The number of hydrogen-bond donors (Lipinski definition) is 0. The van der Waals surface area contributed by atoms with E-state index in [-0.39, 0.29) is 23.8 Å². The van der Waals surface area contributed by atoms with E-state index in [4.69, 9.17) is 9.73 Å². The molecule has 6 rings (SSSR count). The Morgan fingerprint density at radius 2 is 1.67 bits per heavy atom. The number of rotatable bonds is 9. The molecule has 0 radical (unpaired) electrons. The quantitative estimate of drug-likeness (QED) is 0.141. The number of hydrogen-bond acceptors (Lipinski definition) is 5. The van der Waals surface area contributed by atoms with E-state index in [1.807, 2.05) is 85.9 Å². The molecule has 1 saturated heterocycles. The number of carbonyl (C=O) groups is 2. The highest BCUT2D eigenvalue weighted by Gasteiger charge is 2.37. The third kappa shape index (κ3) is 6.65. The number of aliphatic imine (C=N–C) groups is 1. The lowest BCUT2D eigenvalue weighted by atomic mass is 9.92. The lowest BCUT2D eigenvalue weighted by Crippen LogP contribution is -2.44.